The largest absolute Gasteiger partial charge is 0.296 e. The minimum atomic E-state index is -0.612. The van der Waals surface area contributed by atoms with E-state index in [-0.39, 0.29) is 5.69 Å². The van der Waals surface area contributed by atoms with E-state index in [0.717, 1.165) is 10.6 Å². The molecule has 0 bridgehead atoms. The lowest BCUT2D eigenvalue weighted by Crippen LogP contribution is -2.27. The first-order chi connectivity index (χ1) is 13.9. The Balaban J connectivity index is 1.64. The third-order valence-corrected chi connectivity index (χ3v) is 6.22. The quantitative estimate of drug-likeness (QED) is 0.485. The lowest BCUT2D eigenvalue weighted by atomic mass is 10.2. The monoisotopic (exact) mass is 442 g/mol. The van der Waals surface area contributed by atoms with Gasteiger partial charge in [-0.3, -0.25) is 14.9 Å². The summed E-state index contributed by atoms with van der Waals surface area (Å²) >= 11 is 9.17. The van der Waals surface area contributed by atoms with Crippen LogP contribution in [-0.4, -0.2) is 20.7 Å². The maximum absolute atomic E-state index is 12.7. The van der Waals surface area contributed by atoms with Crippen molar-refractivity contribution in [2.75, 3.05) is 5.32 Å². The van der Waals surface area contributed by atoms with Crippen LogP contribution in [0.3, 0.4) is 0 Å². The van der Waals surface area contributed by atoms with Crippen LogP contribution in [0.15, 0.2) is 52.6 Å². The number of carbonyl (C=O) groups excluding carboxylic acids is 1. The maximum atomic E-state index is 12.7. The highest BCUT2D eigenvalue weighted by atomic mass is 35.5. The summed E-state index contributed by atoms with van der Waals surface area (Å²) in [6.07, 6.45) is 0. The Hall–Kier alpha value is -2.81. The Morgan fingerprint density at radius 1 is 1.17 bits per heavy atom. The van der Waals surface area contributed by atoms with E-state index >= 15 is 0 Å². The first kappa shape index (κ1) is 19.5. The van der Waals surface area contributed by atoms with Gasteiger partial charge < -0.3 is 0 Å². The van der Waals surface area contributed by atoms with E-state index in [0.29, 0.717) is 21.5 Å². The van der Waals surface area contributed by atoms with Crippen LogP contribution in [0.25, 0.3) is 16.3 Å². The number of carbonyl (C=O) groups is 1. The fourth-order valence-corrected chi connectivity index (χ4v) is 4.57. The first-order valence-corrected chi connectivity index (χ1v) is 10.7. The second kappa shape index (κ2) is 7.90. The number of nitrogens with zero attached hydrogens (tertiary/aromatic N) is 3. The van der Waals surface area contributed by atoms with Gasteiger partial charge in [0.05, 0.1) is 21.3 Å². The Morgan fingerprint density at radius 2 is 1.97 bits per heavy atom. The number of benzene rings is 1. The highest BCUT2D eigenvalue weighted by Gasteiger charge is 2.18. The molecule has 0 atom stereocenters. The molecule has 0 aliphatic rings. The third-order valence-electron chi connectivity index (χ3n) is 4.12. The SMILES string of the molecule is Cc1ccc(-c2csc(NC(=O)c3nn(-c4ccccc4Cl)c(C)cc3=O)n2)s1. The van der Waals surface area contributed by atoms with E-state index in [9.17, 15) is 9.59 Å². The molecule has 4 aromatic rings. The number of para-hydroxylation sites is 1. The highest BCUT2D eigenvalue weighted by molar-refractivity contribution is 7.17. The zero-order valence-corrected chi connectivity index (χ0v) is 17.9. The number of aryl methyl sites for hydroxylation is 2. The van der Waals surface area contributed by atoms with Crippen molar-refractivity contribution in [1.29, 1.82) is 0 Å². The summed E-state index contributed by atoms with van der Waals surface area (Å²) in [7, 11) is 0. The average Bonchev–Trinajstić information content (AvgIpc) is 3.31. The van der Waals surface area contributed by atoms with Crippen molar-refractivity contribution in [3.8, 4) is 16.3 Å². The minimum absolute atomic E-state index is 0.223. The summed E-state index contributed by atoms with van der Waals surface area (Å²) in [5, 5.41) is 9.66. The van der Waals surface area contributed by atoms with Crippen LogP contribution in [0.4, 0.5) is 5.13 Å². The van der Waals surface area contributed by atoms with E-state index in [4.69, 9.17) is 11.6 Å². The van der Waals surface area contributed by atoms with Gasteiger partial charge in [-0.1, -0.05) is 23.7 Å². The number of nitrogens with one attached hydrogen (secondary N) is 1. The molecule has 0 unspecified atom stereocenters. The number of hydrogen-bond donors (Lipinski definition) is 1. The standard InChI is InChI=1S/C20H15ClN4O2S2/c1-11-9-16(26)18(24-25(11)15-6-4-3-5-13(15)21)19(27)23-20-22-14(10-28-20)17-8-7-12(2)29-17/h3-10H,1-2H3,(H,22,23,27). The topological polar surface area (TPSA) is 76.9 Å². The summed E-state index contributed by atoms with van der Waals surface area (Å²) in [5.74, 6) is -0.612. The second-order valence-corrected chi connectivity index (χ2v) is 8.82. The van der Waals surface area contributed by atoms with Crippen molar-refractivity contribution in [3.63, 3.8) is 0 Å². The molecule has 0 aliphatic carbocycles. The number of amides is 1. The van der Waals surface area contributed by atoms with Gasteiger partial charge in [-0.2, -0.15) is 5.10 Å². The van der Waals surface area contributed by atoms with Gasteiger partial charge in [0, 0.05) is 22.0 Å². The van der Waals surface area contributed by atoms with Gasteiger partial charge in [-0.05, 0) is 38.1 Å². The molecule has 9 heteroatoms. The van der Waals surface area contributed by atoms with E-state index in [1.807, 2.05) is 30.5 Å². The van der Waals surface area contributed by atoms with E-state index < -0.39 is 11.3 Å². The smallest absolute Gasteiger partial charge is 0.281 e. The molecule has 3 heterocycles. The molecule has 0 radical (unpaired) electrons. The molecule has 4 rings (SSSR count). The van der Waals surface area contributed by atoms with Gasteiger partial charge >= 0.3 is 0 Å². The van der Waals surface area contributed by atoms with Gasteiger partial charge in [-0.15, -0.1) is 22.7 Å². The molecule has 0 aliphatic heterocycles. The van der Waals surface area contributed by atoms with Crippen molar-refractivity contribution in [3.05, 3.63) is 79.4 Å². The van der Waals surface area contributed by atoms with Crippen molar-refractivity contribution >= 4 is 45.3 Å². The van der Waals surface area contributed by atoms with E-state index in [2.05, 4.69) is 15.4 Å². The van der Waals surface area contributed by atoms with Crippen LogP contribution >= 0.6 is 34.3 Å². The van der Waals surface area contributed by atoms with Crippen LogP contribution in [0.5, 0.6) is 0 Å². The van der Waals surface area contributed by atoms with Gasteiger partial charge in [-0.25, -0.2) is 9.67 Å². The fraction of sp³-hybridized carbons (Fsp3) is 0.100. The third kappa shape index (κ3) is 4.00. The van der Waals surface area contributed by atoms with Gasteiger partial charge in [0.15, 0.2) is 10.8 Å². The Labute approximate surface area is 179 Å². The number of aromatic nitrogens is 3. The number of thiophene rings is 1. The van der Waals surface area contributed by atoms with Gasteiger partial charge in [0.1, 0.15) is 0 Å². The summed E-state index contributed by atoms with van der Waals surface area (Å²) in [5.41, 5.74) is 1.26. The zero-order valence-electron chi connectivity index (χ0n) is 15.5. The molecular weight excluding hydrogens is 428 g/mol. The normalized spacial score (nSPS) is 10.9. The molecule has 146 valence electrons. The average molecular weight is 443 g/mol. The molecule has 1 N–H and O–H groups in total. The molecule has 0 spiro atoms. The lowest BCUT2D eigenvalue weighted by Gasteiger charge is -2.12. The molecular formula is C20H15ClN4O2S2. The molecule has 0 saturated heterocycles. The van der Waals surface area contributed by atoms with Gasteiger partial charge in [0.25, 0.3) is 5.91 Å². The van der Waals surface area contributed by atoms with Crippen LogP contribution in [0, 0.1) is 13.8 Å². The van der Waals surface area contributed by atoms with Gasteiger partial charge in [0.2, 0.25) is 5.43 Å². The number of anilines is 1. The van der Waals surface area contributed by atoms with Crippen LogP contribution in [-0.2, 0) is 0 Å². The Kier molecular flexibility index (Phi) is 5.31. The molecule has 1 aromatic carbocycles. The first-order valence-electron chi connectivity index (χ1n) is 8.62. The lowest BCUT2D eigenvalue weighted by molar-refractivity contribution is 0.101. The molecule has 29 heavy (non-hydrogen) atoms. The summed E-state index contributed by atoms with van der Waals surface area (Å²) < 4.78 is 1.49. The van der Waals surface area contributed by atoms with Crippen molar-refractivity contribution in [2.45, 2.75) is 13.8 Å². The summed E-state index contributed by atoms with van der Waals surface area (Å²) in [6, 6.07) is 12.5. The molecule has 0 saturated carbocycles. The van der Waals surface area contributed by atoms with Crippen LogP contribution in [0.2, 0.25) is 5.02 Å². The van der Waals surface area contributed by atoms with Crippen LogP contribution in [0.1, 0.15) is 21.1 Å². The molecule has 1 amide bonds. The van der Waals surface area contributed by atoms with E-state index in [1.54, 1.807) is 36.5 Å². The fourth-order valence-electron chi connectivity index (χ4n) is 2.74. The molecule has 0 fully saturated rings. The Bertz CT molecular complexity index is 1280. The number of hydrogen-bond acceptors (Lipinski definition) is 6. The summed E-state index contributed by atoms with van der Waals surface area (Å²) in [6.45, 7) is 3.76. The van der Waals surface area contributed by atoms with Crippen molar-refractivity contribution < 1.29 is 4.79 Å². The number of halogens is 1. The van der Waals surface area contributed by atoms with Crippen molar-refractivity contribution in [2.24, 2.45) is 0 Å². The predicted molar refractivity (Wildman–Crippen MR) is 118 cm³/mol. The highest BCUT2D eigenvalue weighted by Crippen LogP contribution is 2.30. The van der Waals surface area contributed by atoms with E-state index in [1.165, 1.54) is 27.0 Å². The van der Waals surface area contributed by atoms with Crippen LogP contribution < -0.4 is 10.7 Å². The molecule has 3 aromatic heterocycles. The number of rotatable bonds is 4. The summed E-state index contributed by atoms with van der Waals surface area (Å²) in [4.78, 5) is 31.7. The number of thiazole rings is 1. The maximum Gasteiger partial charge on any atom is 0.281 e. The molecule has 6 nitrogen and oxygen atoms in total. The predicted octanol–water partition coefficient (Wildman–Crippen LogP) is 4.94. The second-order valence-electron chi connectivity index (χ2n) is 6.26. The Morgan fingerprint density at radius 3 is 2.69 bits per heavy atom. The van der Waals surface area contributed by atoms with Crippen molar-refractivity contribution in [1.82, 2.24) is 14.8 Å². The minimum Gasteiger partial charge on any atom is -0.296 e. The zero-order chi connectivity index (χ0) is 20.5.